The molecular formula is C15H8ClN3OS. The second kappa shape index (κ2) is 4.65. The lowest BCUT2D eigenvalue weighted by atomic mass is 10.2. The third kappa shape index (κ3) is 1.93. The maximum absolute atomic E-state index is 12.2. The van der Waals surface area contributed by atoms with E-state index >= 15 is 0 Å². The number of hydrogen-bond acceptors (Lipinski definition) is 4. The van der Waals surface area contributed by atoms with Gasteiger partial charge in [-0.25, -0.2) is 4.98 Å². The van der Waals surface area contributed by atoms with Crippen molar-refractivity contribution in [2.45, 2.75) is 0 Å². The Labute approximate surface area is 128 Å². The van der Waals surface area contributed by atoms with E-state index in [2.05, 4.69) is 15.0 Å². The van der Waals surface area contributed by atoms with Gasteiger partial charge in [-0.05, 0) is 23.6 Å². The Bertz CT molecular complexity index is 1020. The summed E-state index contributed by atoms with van der Waals surface area (Å²) in [5, 5.41) is 3.23. The Balaban J connectivity index is 2.14. The van der Waals surface area contributed by atoms with E-state index < -0.39 is 0 Å². The van der Waals surface area contributed by atoms with Gasteiger partial charge in [0.05, 0.1) is 20.9 Å². The van der Waals surface area contributed by atoms with Crippen LogP contribution in [0.2, 0.25) is 5.02 Å². The molecular weight excluding hydrogens is 306 g/mol. The Kier molecular flexibility index (Phi) is 2.77. The van der Waals surface area contributed by atoms with Gasteiger partial charge in [-0.15, -0.1) is 11.3 Å². The van der Waals surface area contributed by atoms with Crippen LogP contribution in [0, 0.1) is 0 Å². The van der Waals surface area contributed by atoms with E-state index in [0.717, 1.165) is 10.3 Å². The van der Waals surface area contributed by atoms with Crippen molar-refractivity contribution < 1.29 is 0 Å². The molecule has 0 aliphatic heterocycles. The van der Waals surface area contributed by atoms with E-state index in [1.54, 1.807) is 6.20 Å². The van der Waals surface area contributed by atoms with Gasteiger partial charge in [-0.2, -0.15) is 0 Å². The number of thiophene rings is 1. The third-order valence-corrected chi connectivity index (χ3v) is 4.49. The van der Waals surface area contributed by atoms with Crippen LogP contribution in [0.4, 0.5) is 0 Å². The van der Waals surface area contributed by atoms with Crippen LogP contribution >= 0.6 is 22.9 Å². The van der Waals surface area contributed by atoms with Crippen molar-refractivity contribution in [3.8, 4) is 10.6 Å². The van der Waals surface area contributed by atoms with Crippen LogP contribution < -0.4 is 5.56 Å². The summed E-state index contributed by atoms with van der Waals surface area (Å²) < 4.78 is 0. The molecule has 0 bridgehead atoms. The smallest absolute Gasteiger partial charge is 0.275 e. The minimum atomic E-state index is -0.218. The highest BCUT2D eigenvalue weighted by atomic mass is 35.5. The molecule has 4 nitrogen and oxygen atoms in total. The molecule has 0 fully saturated rings. The van der Waals surface area contributed by atoms with Gasteiger partial charge in [0.25, 0.3) is 5.56 Å². The summed E-state index contributed by atoms with van der Waals surface area (Å²) in [6.07, 6.45) is 1.69. The Morgan fingerprint density at radius 2 is 2.10 bits per heavy atom. The molecule has 0 atom stereocenters. The number of hydrogen-bond donors (Lipinski definition) is 1. The number of H-pyrrole nitrogens is 1. The number of fused-ring (bicyclic) bond motifs is 2. The Hall–Kier alpha value is -2.24. The molecule has 0 saturated carbocycles. The lowest BCUT2D eigenvalue weighted by molar-refractivity contribution is 1.23. The van der Waals surface area contributed by atoms with Crippen LogP contribution in [0.25, 0.3) is 32.5 Å². The van der Waals surface area contributed by atoms with E-state index in [1.165, 1.54) is 11.3 Å². The lowest BCUT2D eigenvalue weighted by Crippen LogP contribution is -2.11. The first-order valence-corrected chi connectivity index (χ1v) is 7.51. The molecule has 0 aliphatic carbocycles. The average Bonchev–Trinajstić information content (AvgIpc) is 3.01. The molecule has 0 aliphatic rings. The van der Waals surface area contributed by atoms with Gasteiger partial charge in [0.2, 0.25) is 0 Å². The fraction of sp³-hybridized carbons (Fsp3) is 0. The van der Waals surface area contributed by atoms with Crippen LogP contribution in [-0.4, -0.2) is 15.0 Å². The normalized spacial score (nSPS) is 11.3. The molecule has 0 saturated heterocycles. The lowest BCUT2D eigenvalue weighted by Gasteiger charge is -2.05. The Morgan fingerprint density at radius 1 is 1.19 bits per heavy atom. The minimum Gasteiger partial charge on any atom is -0.319 e. The number of aromatic nitrogens is 3. The number of nitrogens with one attached hydrogen (secondary N) is 1. The molecule has 1 N–H and O–H groups in total. The van der Waals surface area contributed by atoms with Gasteiger partial charge in [-0.1, -0.05) is 23.7 Å². The highest BCUT2D eigenvalue weighted by Crippen LogP contribution is 2.30. The van der Waals surface area contributed by atoms with Crippen LogP contribution in [0.3, 0.4) is 0 Å². The molecule has 1 aromatic carbocycles. The number of halogens is 1. The van der Waals surface area contributed by atoms with Crippen LogP contribution in [0.1, 0.15) is 0 Å². The monoisotopic (exact) mass is 313 g/mol. The summed E-state index contributed by atoms with van der Waals surface area (Å²) in [5.41, 5.74) is 2.03. The third-order valence-electron chi connectivity index (χ3n) is 3.25. The molecule has 0 amide bonds. The van der Waals surface area contributed by atoms with Crippen molar-refractivity contribution >= 4 is 44.9 Å². The first kappa shape index (κ1) is 12.5. The van der Waals surface area contributed by atoms with E-state index in [1.807, 2.05) is 35.7 Å². The second-order valence-corrected chi connectivity index (χ2v) is 5.88. The highest BCUT2D eigenvalue weighted by molar-refractivity contribution is 7.13. The first-order chi connectivity index (χ1) is 10.2. The van der Waals surface area contributed by atoms with Crippen LogP contribution in [0.15, 0.2) is 46.7 Å². The quantitative estimate of drug-likeness (QED) is 0.543. The number of nitrogens with zero attached hydrogens (tertiary/aromatic N) is 2. The standard InChI is InChI=1S/C15H8ClN3OS/c16-11-12-8(3-1-5-17-12)7-9-13(11)19-14(15(20)18-9)10-4-2-6-21-10/h1-7H,(H,18,20). The molecule has 0 unspecified atom stereocenters. The summed E-state index contributed by atoms with van der Waals surface area (Å²) in [6, 6.07) is 9.32. The molecule has 102 valence electrons. The van der Waals surface area contributed by atoms with Crippen molar-refractivity contribution in [3.63, 3.8) is 0 Å². The number of benzene rings is 1. The molecule has 0 spiro atoms. The SMILES string of the molecule is O=c1[nH]c2cc3cccnc3c(Cl)c2nc1-c1cccs1. The molecule has 6 heteroatoms. The number of aromatic amines is 1. The summed E-state index contributed by atoms with van der Waals surface area (Å²) in [4.78, 5) is 24.6. The fourth-order valence-corrected chi connectivity index (χ4v) is 3.31. The minimum absolute atomic E-state index is 0.218. The summed E-state index contributed by atoms with van der Waals surface area (Å²) in [6.45, 7) is 0. The van der Waals surface area contributed by atoms with Gasteiger partial charge >= 0.3 is 0 Å². The summed E-state index contributed by atoms with van der Waals surface area (Å²) in [7, 11) is 0. The van der Waals surface area contributed by atoms with Gasteiger partial charge in [-0.3, -0.25) is 9.78 Å². The van der Waals surface area contributed by atoms with Gasteiger partial charge in [0, 0.05) is 11.6 Å². The van der Waals surface area contributed by atoms with Crippen LogP contribution in [-0.2, 0) is 0 Å². The highest BCUT2D eigenvalue weighted by Gasteiger charge is 2.13. The van der Waals surface area contributed by atoms with Crippen molar-refractivity contribution in [3.05, 3.63) is 57.3 Å². The second-order valence-electron chi connectivity index (χ2n) is 4.55. The van der Waals surface area contributed by atoms with Crippen molar-refractivity contribution in [2.24, 2.45) is 0 Å². The van der Waals surface area contributed by atoms with Gasteiger partial charge in [0.15, 0.2) is 0 Å². The molecule has 3 aromatic heterocycles. The summed E-state index contributed by atoms with van der Waals surface area (Å²) >= 11 is 7.88. The molecule has 3 heterocycles. The zero-order valence-corrected chi connectivity index (χ0v) is 12.2. The van der Waals surface area contributed by atoms with Crippen molar-refractivity contribution in [2.75, 3.05) is 0 Å². The first-order valence-electron chi connectivity index (χ1n) is 6.25. The van der Waals surface area contributed by atoms with Crippen molar-refractivity contribution in [1.29, 1.82) is 0 Å². The molecule has 4 rings (SSSR count). The zero-order chi connectivity index (χ0) is 14.4. The molecule has 21 heavy (non-hydrogen) atoms. The Morgan fingerprint density at radius 3 is 2.90 bits per heavy atom. The maximum Gasteiger partial charge on any atom is 0.275 e. The molecule has 4 aromatic rings. The van der Waals surface area contributed by atoms with E-state index in [9.17, 15) is 4.79 Å². The van der Waals surface area contributed by atoms with E-state index in [4.69, 9.17) is 11.6 Å². The van der Waals surface area contributed by atoms with Crippen molar-refractivity contribution in [1.82, 2.24) is 15.0 Å². The average molecular weight is 314 g/mol. The number of pyridine rings is 1. The van der Waals surface area contributed by atoms with E-state index in [-0.39, 0.29) is 5.56 Å². The largest absolute Gasteiger partial charge is 0.319 e. The molecule has 0 radical (unpaired) electrons. The summed E-state index contributed by atoms with van der Waals surface area (Å²) in [5.74, 6) is 0. The van der Waals surface area contributed by atoms with Gasteiger partial charge < -0.3 is 4.98 Å². The zero-order valence-electron chi connectivity index (χ0n) is 10.6. The van der Waals surface area contributed by atoms with Crippen LogP contribution in [0.5, 0.6) is 0 Å². The van der Waals surface area contributed by atoms with E-state index in [0.29, 0.717) is 27.3 Å². The topological polar surface area (TPSA) is 58.6 Å². The number of rotatable bonds is 1. The fourth-order valence-electron chi connectivity index (χ4n) is 2.30. The maximum atomic E-state index is 12.2. The van der Waals surface area contributed by atoms with Gasteiger partial charge in [0.1, 0.15) is 11.2 Å². The predicted molar refractivity (Wildman–Crippen MR) is 86.0 cm³/mol. The predicted octanol–water partition coefficient (Wildman–Crippen LogP) is 3.85.